The van der Waals surface area contributed by atoms with Crippen molar-refractivity contribution in [3.8, 4) is 0 Å². The SMILES string of the molecule is Cc1cc2nc(C(=O)N3CC[C@H]3c3cccs3)cc(C)n2n1. The van der Waals surface area contributed by atoms with Crippen LogP contribution in [0.5, 0.6) is 0 Å². The topological polar surface area (TPSA) is 50.5 Å². The van der Waals surface area contributed by atoms with Gasteiger partial charge in [-0.3, -0.25) is 4.79 Å². The highest BCUT2D eigenvalue weighted by atomic mass is 32.1. The van der Waals surface area contributed by atoms with Crippen molar-refractivity contribution < 1.29 is 4.79 Å². The Morgan fingerprint density at radius 3 is 2.91 bits per heavy atom. The van der Waals surface area contributed by atoms with Crippen LogP contribution in [0.15, 0.2) is 29.6 Å². The number of amides is 1. The summed E-state index contributed by atoms with van der Waals surface area (Å²) in [5, 5.41) is 6.43. The highest BCUT2D eigenvalue weighted by molar-refractivity contribution is 7.10. The van der Waals surface area contributed by atoms with Gasteiger partial charge in [0.1, 0.15) is 5.69 Å². The van der Waals surface area contributed by atoms with Gasteiger partial charge in [-0.05, 0) is 37.8 Å². The number of hydrogen-bond acceptors (Lipinski definition) is 4. The maximum atomic E-state index is 12.8. The van der Waals surface area contributed by atoms with E-state index in [1.807, 2.05) is 36.9 Å². The van der Waals surface area contributed by atoms with Gasteiger partial charge in [0, 0.05) is 23.2 Å². The summed E-state index contributed by atoms with van der Waals surface area (Å²) in [4.78, 5) is 20.4. The minimum atomic E-state index is 0.00843. The number of carbonyl (C=O) groups is 1. The lowest BCUT2D eigenvalue weighted by molar-refractivity contribution is 0.0462. The molecule has 0 unspecified atom stereocenters. The lowest BCUT2D eigenvalue weighted by atomic mass is 10.0. The number of rotatable bonds is 2. The highest BCUT2D eigenvalue weighted by Gasteiger charge is 2.35. The summed E-state index contributed by atoms with van der Waals surface area (Å²) >= 11 is 1.70. The van der Waals surface area contributed by atoms with Gasteiger partial charge in [0.25, 0.3) is 5.91 Å². The van der Waals surface area contributed by atoms with Crippen LogP contribution in [0.1, 0.15) is 39.2 Å². The highest BCUT2D eigenvalue weighted by Crippen LogP contribution is 2.36. The van der Waals surface area contributed by atoms with Crippen LogP contribution in [0.4, 0.5) is 0 Å². The van der Waals surface area contributed by atoms with E-state index < -0.39 is 0 Å². The molecule has 1 fully saturated rings. The van der Waals surface area contributed by atoms with Gasteiger partial charge in [-0.15, -0.1) is 11.3 Å². The van der Waals surface area contributed by atoms with Crippen molar-refractivity contribution in [2.45, 2.75) is 26.3 Å². The van der Waals surface area contributed by atoms with E-state index in [0.29, 0.717) is 5.69 Å². The smallest absolute Gasteiger partial charge is 0.273 e. The molecule has 1 atom stereocenters. The minimum Gasteiger partial charge on any atom is -0.329 e. The van der Waals surface area contributed by atoms with Gasteiger partial charge in [-0.2, -0.15) is 5.10 Å². The summed E-state index contributed by atoms with van der Waals surface area (Å²) in [6, 6.07) is 8.06. The molecule has 0 radical (unpaired) electrons. The average Bonchev–Trinajstić information content (AvgIpc) is 3.06. The molecule has 4 heterocycles. The Labute approximate surface area is 132 Å². The number of likely N-dealkylation sites (tertiary alicyclic amines) is 1. The number of hydrogen-bond donors (Lipinski definition) is 0. The molecular formula is C16H16N4OS. The fourth-order valence-electron chi connectivity index (χ4n) is 2.90. The van der Waals surface area contributed by atoms with Gasteiger partial charge >= 0.3 is 0 Å². The largest absolute Gasteiger partial charge is 0.329 e. The molecule has 112 valence electrons. The third kappa shape index (κ3) is 2.02. The third-order valence-electron chi connectivity index (χ3n) is 4.10. The monoisotopic (exact) mass is 312 g/mol. The van der Waals surface area contributed by atoms with Crippen LogP contribution in [0, 0.1) is 13.8 Å². The predicted molar refractivity (Wildman–Crippen MR) is 85.2 cm³/mol. The Morgan fingerprint density at radius 1 is 1.36 bits per heavy atom. The van der Waals surface area contributed by atoms with E-state index in [9.17, 15) is 4.79 Å². The van der Waals surface area contributed by atoms with Crippen LogP contribution in [-0.2, 0) is 0 Å². The molecule has 1 saturated heterocycles. The van der Waals surface area contributed by atoms with Crippen molar-refractivity contribution in [2.75, 3.05) is 6.54 Å². The van der Waals surface area contributed by atoms with E-state index in [-0.39, 0.29) is 11.9 Å². The molecule has 4 rings (SSSR count). The van der Waals surface area contributed by atoms with Crippen molar-refractivity contribution in [1.82, 2.24) is 19.5 Å². The molecule has 0 spiro atoms. The molecule has 0 N–H and O–H groups in total. The van der Waals surface area contributed by atoms with E-state index >= 15 is 0 Å². The van der Waals surface area contributed by atoms with Crippen LogP contribution in [0.3, 0.4) is 0 Å². The molecule has 0 bridgehead atoms. The normalized spacial score (nSPS) is 17.7. The Bertz CT molecular complexity index is 853. The summed E-state index contributed by atoms with van der Waals surface area (Å²) in [6.45, 7) is 4.67. The van der Waals surface area contributed by atoms with Crippen LogP contribution < -0.4 is 0 Å². The number of aromatic nitrogens is 3. The first-order valence-corrected chi connectivity index (χ1v) is 8.20. The zero-order valence-corrected chi connectivity index (χ0v) is 13.3. The van der Waals surface area contributed by atoms with Crippen molar-refractivity contribution >= 4 is 22.9 Å². The van der Waals surface area contributed by atoms with E-state index in [0.717, 1.165) is 30.0 Å². The molecule has 0 aromatic carbocycles. The summed E-state index contributed by atoms with van der Waals surface area (Å²) in [5.74, 6) is 0.00843. The molecule has 1 aliphatic heterocycles. The first kappa shape index (κ1) is 13.5. The molecule has 1 amide bonds. The standard InChI is InChI=1S/C16H16N4OS/c1-10-8-15-17-12(9-11(2)20(15)18-10)16(21)19-6-5-13(19)14-4-3-7-22-14/h3-4,7-9,13H,5-6H2,1-2H3/t13-/m0/s1. The van der Waals surface area contributed by atoms with Crippen LogP contribution in [0.2, 0.25) is 0 Å². The quantitative estimate of drug-likeness (QED) is 0.731. The lowest BCUT2D eigenvalue weighted by Gasteiger charge is -2.40. The fraction of sp³-hybridized carbons (Fsp3) is 0.312. The van der Waals surface area contributed by atoms with Crippen LogP contribution >= 0.6 is 11.3 Å². The average molecular weight is 312 g/mol. The van der Waals surface area contributed by atoms with Gasteiger partial charge in [0.05, 0.1) is 11.7 Å². The second kappa shape index (κ2) is 4.91. The molecular weight excluding hydrogens is 296 g/mol. The molecule has 3 aromatic heterocycles. The number of fused-ring (bicyclic) bond motifs is 1. The van der Waals surface area contributed by atoms with Crippen molar-refractivity contribution in [2.24, 2.45) is 0 Å². The Balaban J connectivity index is 1.68. The van der Waals surface area contributed by atoms with E-state index in [2.05, 4.69) is 21.5 Å². The molecule has 1 aliphatic rings. The van der Waals surface area contributed by atoms with Gasteiger partial charge in [0.15, 0.2) is 5.65 Å². The Hall–Kier alpha value is -2.21. The Morgan fingerprint density at radius 2 is 2.23 bits per heavy atom. The maximum absolute atomic E-state index is 12.8. The van der Waals surface area contributed by atoms with Crippen LogP contribution in [0.25, 0.3) is 5.65 Å². The van der Waals surface area contributed by atoms with Crippen molar-refractivity contribution in [1.29, 1.82) is 0 Å². The summed E-state index contributed by atoms with van der Waals surface area (Å²) in [7, 11) is 0. The molecule has 0 aliphatic carbocycles. The third-order valence-corrected chi connectivity index (χ3v) is 5.07. The van der Waals surface area contributed by atoms with E-state index in [4.69, 9.17) is 0 Å². The lowest BCUT2D eigenvalue weighted by Crippen LogP contribution is -2.45. The van der Waals surface area contributed by atoms with Gasteiger partial charge in [-0.1, -0.05) is 6.07 Å². The zero-order chi connectivity index (χ0) is 15.3. The maximum Gasteiger partial charge on any atom is 0.273 e. The minimum absolute atomic E-state index is 0.00843. The Kier molecular flexibility index (Phi) is 3.00. The first-order valence-electron chi connectivity index (χ1n) is 7.32. The number of aryl methyl sites for hydroxylation is 2. The number of thiophene rings is 1. The molecule has 5 nitrogen and oxygen atoms in total. The predicted octanol–water partition coefficient (Wildman–Crippen LogP) is 2.99. The fourth-order valence-corrected chi connectivity index (χ4v) is 3.78. The summed E-state index contributed by atoms with van der Waals surface area (Å²) in [5.41, 5.74) is 3.07. The number of carbonyl (C=O) groups excluding carboxylic acids is 1. The van der Waals surface area contributed by atoms with Gasteiger partial charge in [-0.25, -0.2) is 9.50 Å². The van der Waals surface area contributed by atoms with Gasteiger partial charge < -0.3 is 4.90 Å². The van der Waals surface area contributed by atoms with E-state index in [1.165, 1.54) is 4.88 Å². The molecule has 6 heteroatoms. The summed E-state index contributed by atoms with van der Waals surface area (Å²) in [6.07, 6.45) is 1.03. The second-order valence-electron chi connectivity index (χ2n) is 5.66. The van der Waals surface area contributed by atoms with E-state index in [1.54, 1.807) is 15.9 Å². The van der Waals surface area contributed by atoms with Crippen molar-refractivity contribution in [3.63, 3.8) is 0 Å². The summed E-state index contributed by atoms with van der Waals surface area (Å²) < 4.78 is 1.78. The number of nitrogens with zero attached hydrogens (tertiary/aromatic N) is 4. The molecule has 22 heavy (non-hydrogen) atoms. The van der Waals surface area contributed by atoms with Gasteiger partial charge in [0.2, 0.25) is 0 Å². The first-order chi connectivity index (χ1) is 10.6. The molecule has 0 saturated carbocycles. The second-order valence-corrected chi connectivity index (χ2v) is 6.64. The van der Waals surface area contributed by atoms with Crippen LogP contribution in [-0.4, -0.2) is 31.9 Å². The zero-order valence-electron chi connectivity index (χ0n) is 12.5. The van der Waals surface area contributed by atoms with Crippen molar-refractivity contribution in [3.05, 3.63) is 51.6 Å². The molecule has 3 aromatic rings.